The fourth-order valence-corrected chi connectivity index (χ4v) is 3.57. The summed E-state index contributed by atoms with van der Waals surface area (Å²) in [5.41, 5.74) is -0.489. The standard InChI is InChI=1S/C13H14F3NO4S/c1-22(19,20)9-5-17-12(21-7-2-6(14)3-7)8-4-13(15,16)11(18)10(8)9/h5-7,11,18H,2-4H2,1H3/t6-,7-,11-/m0/s1. The summed E-state index contributed by atoms with van der Waals surface area (Å²) in [6.45, 7) is 0. The fraction of sp³-hybridized carbons (Fsp3) is 0.615. The molecule has 0 aromatic carbocycles. The summed E-state index contributed by atoms with van der Waals surface area (Å²) in [7, 11) is -3.83. The zero-order chi connectivity index (χ0) is 16.3. The van der Waals surface area contributed by atoms with E-state index in [0.29, 0.717) is 0 Å². The molecule has 1 N–H and O–H groups in total. The summed E-state index contributed by atoms with van der Waals surface area (Å²) < 4.78 is 69.2. The molecule has 3 rings (SSSR count). The van der Waals surface area contributed by atoms with E-state index < -0.39 is 45.5 Å². The Bertz CT molecular complexity index is 716. The van der Waals surface area contributed by atoms with Gasteiger partial charge in [0.2, 0.25) is 5.88 Å². The summed E-state index contributed by atoms with van der Waals surface area (Å²) in [6, 6.07) is 0. The molecule has 1 heterocycles. The van der Waals surface area contributed by atoms with E-state index in [1.165, 1.54) is 0 Å². The fourth-order valence-electron chi connectivity index (χ4n) is 2.70. The molecule has 0 aliphatic heterocycles. The Morgan fingerprint density at radius 2 is 2.05 bits per heavy atom. The lowest BCUT2D eigenvalue weighted by Crippen LogP contribution is -2.35. The van der Waals surface area contributed by atoms with Crippen LogP contribution in [0.25, 0.3) is 0 Å². The Labute approximate surface area is 125 Å². The van der Waals surface area contributed by atoms with E-state index in [0.717, 1.165) is 12.5 Å². The van der Waals surface area contributed by atoms with Crippen LogP contribution in [-0.4, -0.2) is 43.0 Å². The molecule has 0 unspecified atom stereocenters. The first-order chi connectivity index (χ1) is 10.1. The van der Waals surface area contributed by atoms with Crippen molar-refractivity contribution in [2.24, 2.45) is 0 Å². The molecule has 0 radical (unpaired) electrons. The van der Waals surface area contributed by atoms with Gasteiger partial charge in [-0.1, -0.05) is 0 Å². The van der Waals surface area contributed by atoms with Crippen molar-refractivity contribution < 1.29 is 31.4 Å². The first kappa shape index (κ1) is 15.5. The van der Waals surface area contributed by atoms with E-state index >= 15 is 0 Å². The zero-order valence-corrected chi connectivity index (χ0v) is 12.4. The summed E-state index contributed by atoms with van der Waals surface area (Å²) in [5.74, 6) is -3.65. The number of hydrogen-bond donors (Lipinski definition) is 1. The van der Waals surface area contributed by atoms with E-state index in [1.807, 2.05) is 0 Å². The maximum atomic E-state index is 13.8. The van der Waals surface area contributed by atoms with Gasteiger partial charge >= 0.3 is 0 Å². The predicted octanol–water partition coefficient (Wildman–Crippen LogP) is 1.59. The third kappa shape index (κ3) is 2.45. The highest BCUT2D eigenvalue weighted by atomic mass is 32.2. The number of pyridine rings is 1. The number of sulfone groups is 1. The summed E-state index contributed by atoms with van der Waals surface area (Å²) in [6.07, 6.45) is -2.50. The molecular formula is C13H14F3NO4S. The van der Waals surface area contributed by atoms with E-state index in [2.05, 4.69) is 4.98 Å². The van der Waals surface area contributed by atoms with Gasteiger partial charge in [-0.2, -0.15) is 0 Å². The Morgan fingerprint density at radius 3 is 2.59 bits per heavy atom. The van der Waals surface area contributed by atoms with Crippen molar-refractivity contribution in [2.45, 2.75) is 48.5 Å². The highest BCUT2D eigenvalue weighted by Gasteiger charge is 2.51. The Balaban J connectivity index is 2.05. The monoisotopic (exact) mass is 337 g/mol. The summed E-state index contributed by atoms with van der Waals surface area (Å²) >= 11 is 0. The smallest absolute Gasteiger partial charge is 0.281 e. The predicted molar refractivity (Wildman–Crippen MR) is 69.5 cm³/mol. The highest BCUT2D eigenvalue weighted by Crippen LogP contribution is 2.48. The van der Waals surface area contributed by atoms with Crippen molar-refractivity contribution in [2.75, 3.05) is 6.26 Å². The minimum atomic E-state index is -3.83. The maximum Gasteiger partial charge on any atom is 0.281 e. The van der Waals surface area contributed by atoms with Gasteiger partial charge in [-0.25, -0.2) is 26.6 Å². The van der Waals surface area contributed by atoms with Gasteiger partial charge in [-0.15, -0.1) is 0 Å². The van der Waals surface area contributed by atoms with Crippen LogP contribution in [0.1, 0.15) is 30.1 Å². The molecule has 0 saturated heterocycles. The quantitative estimate of drug-likeness (QED) is 0.906. The number of fused-ring (bicyclic) bond motifs is 1. The van der Waals surface area contributed by atoms with Crippen LogP contribution in [0.2, 0.25) is 0 Å². The lowest BCUT2D eigenvalue weighted by Gasteiger charge is -2.30. The molecular weight excluding hydrogens is 323 g/mol. The average molecular weight is 337 g/mol. The van der Waals surface area contributed by atoms with Crippen molar-refractivity contribution in [1.29, 1.82) is 0 Å². The largest absolute Gasteiger partial charge is 0.474 e. The van der Waals surface area contributed by atoms with Crippen molar-refractivity contribution in [1.82, 2.24) is 4.98 Å². The second kappa shape index (κ2) is 4.82. The molecule has 122 valence electrons. The molecule has 1 atom stereocenters. The normalized spacial score (nSPS) is 29.8. The van der Waals surface area contributed by atoms with E-state index in [9.17, 15) is 26.7 Å². The Kier molecular flexibility index (Phi) is 3.41. The number of aromatic nitrogens is 1. The van der Waals surface area contributed by atoms with Gasteiger partial charge in [0.25, 0.3) is 5.92 Å². The van der Waals surface area contributed by atoms with E-state index in [4.69, 9.17) is 4.74 Å². The number of ether oxygens (including phenoxy) is 1. The molecule has 0 amide bonds. The molecule has 9 heteroatoms. The number of halogens is 3. The van der Waals surface area contributed by atoms with Gasteiger partial charge in [0.05, 0.1) is 4.90 Å². The van der Waals surface area contributed by atoms with Gasteiger partial charge in [0.1, 0.15) is 18.4 Å². The number of hydrogen-bond acceptors (Lipinski definition) is 5. The van der Waals surface area contributed by atoms with E-state index in [-0.39, 0.29) is 29.8 Å². The van der Waals surface area contributed by atoms with Gasteiger partial charge in [0, 0.05) is 42.8 Å². The molecule has 5 nitrogen and oxygen atoms in total. The van der Waals surface area contributed by atoms with Crippen LogP contribution in [-0.2, 0) is 16.3 Å². The third-order valence-corrected chi connectivity index (χ3v) is 5.07. The molecule has 0 spiro atoms. The number of nitrogens with zero attached hydrogens (tertiary/aromatic N) is 1. The first-order valence-electron chi connectivity index (χ1n) is 6.68. The minimum absolute atomic E-state index is 0.122. The number of aliphatic hydroxyl groups excluding tert-OH is 1. The van der Waals surface area contributed by atoms with Gasteiger partial charge in [0.15, 0.2) is 9.84 Å². The summed E-state index contributed by atoms with van der Waals surface area (Å²) in [5, 5.41) is 9.77. The maximum absolute atomic E-state index is 13.8. The van der Waals surface area contributed by atoms with Crippen LogP contribution in [0.3, 0.4) is 0 Å². The number of aliphatic hydroxyl groups is 1. The van der Waals surface area contributed by atoms with Gasteiger partial charge in [-0.05, 0) is 0 Å². The van der Waals surface area contributed by atoms with Gasteiger partial charge < -0.3 is 9.84 Å². The van der Waals surface area contributed by atoms with Crippen molar-refractivity contribution in [3.05, 3.63) is 17.3 Å². The topological polar surface area (TPSA) is 76.5 Å². The minimum Gasteiger partial charge on any atom is -0.474 e. The summed E-state index contributed by atoms with van der Waals surface area (Å²) in [4.78, 5) is 3.36. The van der Waals surface area contributed by atoms with Crippen LogP contribution in [0, 0.1) is 0 Å². The Morgan fingerprint density at radius 1 is 1.41 bits per heavy atom. The number of rotatable bonds is 3. The lowest BCUT2D eigenvalue weighted by atomic mass is 9.93. The molecule has 0 bridgehead atoms. The first-order valence-corrected chi connectivity index (χ1v) is 8.57. The third-order valence-electron chi connectivity index (χ3n) is 3.95. The van der Waals surface area contributed by atoms with E-state index in [1.54, 1.807) is 0 Å². The van der Waals surface area contributed by atoms with Crippen LogP contribution in [0.15, 0.2) is 11.1 Å². The van der Waals surface area contributed by atoms with Crippen LogP contribution < -0.4 is 4.74 Å². The van der Waals surface area contributed by atoms with Crippen molar-refractivity contribution in [3.8, 4) is 5.88 Å². The highest BCUT2D eigenvalue weighted by molar-refractivity contribution is 7.90. The molecule has 2 aliphatic rings. The van der Waals surface area contributed by atoms with Crippen LogP contribution >= 0.6 is 0 Å². The van der Waals surface area contributed by atoms with Crippen molar-refractivity contribution >= 4 is 9.84 Å². The second-order valence-electron chi connectivity index (χ2n) is 5.74. The van der Waals surface area contributed by atoms with Crippen LogP contribution in [0.4, 0.5) is 13.2 Å². The Hall–Kier alpha value is -1.35. The molecule has 2 aliphatic carbocycles. The van der Waals surface area contributed by atoms with Crippen LogP contribution in [0.5, 0.6) is 5.88 Å². The lowest BCUT2D eigenvalue weighted by molar-refractivity contribution is -0.0977. The molecule has 1 aromatic heterocycles. The number of alkyl halides is 3. The van der Waals surface area contributed by atoms with Gasteiger partial charge in [-0.3, -0.25) is 0 Å². The zero-order valence-electron chi connectivity index (χ0n) is 11.6. The molecule has 1 saturated carbocycles. The molecule has 22 heavy (non-hydrogen) atoms. The van der Waals surface area contributed by atoms with Crippen molar-refractivity contribution in [3.63, 3.8) is 0 Å². The average Bonchev–Trinajstić information content (AvgIpc) is 2.58. The second-order valence-corrected chi connectivity index (χ2v) is 7.73. The molecule has 1 aromatic rings. The SMILES string of the molecule is CS(=O)(=O)c1cnc(O[C@H]2C[C@H](F)C2)c2c1[C@H](O)C(F)(F)C2. The molecule has 1 fully saturated rings.